The summed E-state index contributed by atoms with van der Waals surface area (Å²) in [4.78, 5) is 0. The SMILES string of the molecule is CCCCCC1CCC(c2ccc(-c3ccc(-c4cc(F)c(C(F)(F)Oc5ccc(F)cc5)c(F)c4)c(F)c3)c(F)c2)CC1. The Hall–Kier alpha value is -3.81. The van der Waals surface area contributed by atoms with Crippen LogP contribution in [0.3, 0.4) is 0 Å². The molecule has 0 saturated heterocycles. The van der Waals surface area contributed by atoms with E-state index in [1.54, 1.807) is 6.07 Å². The fourth-order valence-electron chi connectivity index (χ4n) is 6.11. The first-order valence-corrected chi connectivity index (χ1v) is 15.0. The van der Waals surface area contributed by atoms with E-state index >= 15 is 8.78 Å². The van der Waals surface area contributed by atoms with Crippen LogP contribution in [-0.2, 0) is 6.11 Å². The first-order chi connectivity index (χ1) is 21.1. The molecule has 4 aromatic rings. The lowest BCUT2D eigenvalue weighted by Crippen LogP contribution is -2.25. The van der Waals surface area contributed by atoms with Crippen LogP contribution in [0.1, 0.15) is 75.3 Å². The highest BCUT2D eigenvalue weighted by atomic mass is 19.3. The maximum absolute atomic E-state index is 15.2. The van der Waals surface area contributed by atoms with Crippen molar-refractivity contribution in [1.82, 2.24) is 0 Å². The largest absolute Gasteiger partial charge is 0.432 e. The highest BCUT2D eigenvalue weighted by Crippen LogP contribution is 2.40. The third-order valence-corrected chi connectivity index (χ3v) is 8.51. The number of hydrogen-bond donors (Lipinski definition) is 0. The van der Waals surface area contributed by atoms with Crippen molar-refractivity contribution in [3.05, 3.63) is 113 Å². The molecule has 44 heavy (non-hydrogen) atoms. The average Bonchev–Trinajstić information content (AvgIpc) is 2.98. The quantitative estimate of drug-likeness (QED) is 0.128. The monoisotopic (exact) mass is 614 g/mol. The van der Waals surface area contributed by atoms with Crippen LogP contribution in [0, 0.1) is 35.0 Å². The molecule has 0 atom stereocenters. The van der Waals surface area contributed by atoms with Crippen molar-refractivity contribution >= 4 is 0 Å². The van der Waals surface area contributed by atoms with E-state index in [9.17, 15) is 22.0 Å². The average molecular weight is 615 g/mol. The van der Waals surface area contributed by atoms with Crippen molar-refractivity contribution in [2.24, 2.45) is 5.92 Å². The van der Waals surface area contributed by atoms with Gasteiger partial charge in [-0.3, -0.25) is 0 Å². The molecule has 1 saturated carbocycles. The highest BCUT2D eigenvalue weighted by molar-refractivity contribution is 5.72. The number of alkyl halides is 2. The van der Waals surface area contributed by atoms with Gasteiger partial charge in [0, 0.05) is 11.1 Å². The molecule has 0 amide bonds. The van der Waals surface area contributed by atoms with Crippen LogP contribution in [0.15, 0.2) is 72.8 Å². The molecule has 0 N–H and O–H groups in total. The van der Waals surface area contributed by atoms with Crippen molar-refractivity contribution in [1.29, 1.82) is 0 Å². The summed E-state index contributed by atoms with van der Waals surface area (Å²) < 4.78 is 107. The molecule has 5 rings (SSSR count). The first-order valence-electron chi connectivity index (χ1n) is 15.0. The van der Waals surface area contributed by atoms with Crippen LogP contribution in [0.25, 0.3) is 22.3 Å². The number of halogens is 7. The van der Waals surface area contributed by atoms with E-state index in [4.69, 9.17) is 0 Å². The smallest absolute Gasteiger partial charge is 0.429 e. The summed E-state index contributed by atoms with van der Waals surface area (Å²) in [5.41, 5.74) is -0.930. The Balaban J connectivity index is 1.31. The first kappa shape index (κ1) is 31.6. The van der Waals surface area contributed by atoms with Crippen molar-refractivity contribution in [3.63, 3.8) is 0 Å². The van der Waals surface area contributed by atoms with Crippen molar-refractivity contribution < 1.29 is 35.5 Å². The number of rotatable bonds is 10. The second-order valence-electron chi connectivity index (χ2n) is 11.5. The number of benzene rings is 4. The van der Waals surface area contributed by atoms with Gasteiger partial charge in [-0.05, 0) is 103 Å². The molecule has 1 aliphatic carbocycles. The van der Waals surface area contributed by atoms with Gasteiger partial charge in [-0.15, -0.1) is 0 Å². The Morgan fingerprint density at radius 1 is 0.659 bits per heavy atom. The second kappa shape index (κ2) is 13.4. The van der Waals surface area contributed by atoms with E-state index in [0.717, 1.165) is 67.5 Å². The van der Waals surface area contributed by atoms with Crippen LogP contribution in [-0.4, -0.2) is 0 Å². The highest BCUT2D eigenvalue weighted by Gasteiger charge is 2.41. The van der Waals surface area contributed by atoms with Crippen molar-refractivity contribution in [2.45, 2.75) is 70.3 Å². The molecule has 0 bridgehead atoms. The molecule has 0 spiro atoms. The predicted molar refractivity (Wildman–Crippen MR) is 157 cm³/mol. The zero-order valence-corrected chi connectivity index (χ0v) is 24.3. The van der Waals surface area contributed by atoms with Gasteiger partial charge in [0.1, 0.15) is 40.4 Å². The summed E-state index contributed by atoms with van der Waals surface area (Å²) in [6.07, 6.45) is 4.80. The molecule has 0 aromatic heterocycles. The molecule has 0 aliphatic heterocycles. The third-order valence-electron chi connectivity index (χ3n) is 8.51. The Labute approximate surface area is 252 Å². The second-order valence-corrected chi connectivity index (χ2v) is 11.5. The topological polar surface area (TPSA) is 9.23 Å². The number of ether oxygens (including phenoxy) is 1. The fraction of sp³-hybridized carbons (Fsp3) is 0.333. The lowest BCUT2D eigenvalue weighted by molar-refractivity contribution is -0.189. The molecule has 232 valence electrons. The van der Waals surface area contributed by atoms with Crippen LogP contribution in [0.2, 0.25) is 0 Å². The van der Waals surface area contributed by atoms with Crippen LogP contribution >= 0.6 is 0 Å². The van der Waals surface area contributed by atoms with Crippen LogP contribution in [0.4, 0.5) is 30.7 Å². The maximum Gasteiger partial charge on any atom is 0.432 e. The normalized spacial score (nSPS) is 17.1. The third kappa shape index (κ3) is 7.11. The van der Waals surface area contributed by atoms with Gasteiger partial charge in [0.25, 0.3) is 0 Å². The summed E-state index contributed by atoms with van der Waals surface area (Å²) in [6.45, 7) is 2.20. The molecule has 1 fully saturated rings. The minimum absolute atomic E-state index is 0.178. The number of hydrogen-bond acceptors (Lipinski definition) is 1. The van der Waals surface area contributed by atoms with Gasteiger partial charge >= 0.3 is 6.11 Å². The molecule has 0 radical (unpaired) electrons. The van der Waals surface area contributed by atoms with E-state index < -0.39 is 46.5 Å². The summed E-state index contributed by atoms with van der Waals surface area (Å²) in [5.74, 6) is -4.93. The summed E-state index contributed by atoms with van der Waals surface area (Å²) >= 11 is 0. The molecule has 8 heteroatoms. The van der Waals surface area contributed by atoms with E-state index in [2.05, 4.69) is 11.7 Å². The zero-order chi connectivity index (χ0) is 31.4. The van der Waals surface area contributed by atoms with E-state index in [1.807, 2.05) is 6.07 Å². The minimum Gasteiger partial charge on any atom is -0.429 e. The van der Waals surface area contributed by atoms with Crippen molar-refractivity contribution in [3.8, 4) is 28.0 Å². The molecular weight excluding hydrogens is 581 g/mol. The van der Waals surface area contributed by atoms with E-state index in [1.165, 1.54) is 43.9 Å². The van der Waals surface area contributed by atoms with Gasteiger partial charge in [-0.25, -0.2) is 22.0 Å². The van der Waals surface area contributed by atoms with Gasteiger partial charge in [-0.2, -0.15) is 8.78 Å². The summed E-state index contributed by atoms with van der Waals surface area (Å²) in [5, 5.41) is 0. The minimum atomic E-state index is -4.44. The fourth-order valence-corrected chi connectivity index (χ4v) is 6.11. The predicted octanol–water partition coefficient (Wildman–Crippen LogP) is 11.7. The van der Waals surface area contributed by atoms with Gasteiger partial charge in [0.05, 0.1) is 0 Å². The van der Waals surface area contributed by atoms with Gasteiger partial charge in [0.2, 0.25) is 0 Å². The van der Waals surface area contributed by atoms with Crippen LogP contribution < -0.4 is 4.74 Å². The van der Waals surface area contributed by atoms with Crippen LogP contribution in [0.5, 0.6) is 5.75 Å². The van der Waals surface area contributed by atoms with Gasteiger partial charge in [0.15, 0.2) is 0 Å². The Morgan fingerprint density at radius 3 is 1.86 bits per heavy atom. The summed E-state index contributed by atoms with van der Waals surface area (Å²) in [6, 6.07) is 13.3. The molecular formula is C36H33F7O. The van der Waals surface area contributed by atoms with E-state index in [-0.39, 0.29) is 28.2 Å². The van der Waals surface area contributed by atoms with E-state index in [0.29, 0.717) is 12.1 Å². The molecule has 4 aromatic carbocycles. The standard InChI is InChI=1S/C36H33F7O/c1-2-3-4-5-22-6-8-23(9-7-22)24-10-16-29(31(38)18-24)25-11-17-30(32(39)19-25)26-20-33(40)35(34(41)21-26)36(42,43)44-28-14-12-27(37)13-15-28/h10-23H,2-9H2,1H3. The van der Waals surface area contributed by atoms with Gasteiger partial charge < -0.3 is 4.74 Å². The summed E-state index contributed by atoms with van der Waals surface area (Å²) in [7, 11) is 0. The van der Waals surface area contributed by atoms with Gasteiger partial charge in [-0.1, -0.05) is 56.9 Å². The van der Waals surface area contributed by atoms with Crippen molar-refractivity contribution in [2.75, 3.05) is 0 Å². The molecule has 1 nitrogen and oxygen atoms in total. The molecule has 1 aliphatic rings. The maximum atomic E-state index is 15.2. The zero-order valence-electron chi connectivity index (χ0n) is 24.3. The Bertz CT molecular complexity index is 1570. The lowest BCUT2D eigenvalue weighted by atomic mass is 9.77. The number of unbranched alkanes of at least 4 members (excludes halogenated alkanes) is 2. The Morgan fingerprint density at radius 2 is 1.25 bits per heavy atom. The molecule has 0 heterocycles. The Kier molecular flexibility index (Phi) is 9.66. The lowest BCUT2D eigenvalue weighted by Gasteiger charge is -2.29. The molecule has 0 unspecified atom stereocenters.